The maximum atomic E-state index is 12.9. The molecule has 0 N–H and O–H groups in total. The molecule has 1 aromatic carbocycles. The van der Waals surface area contributed by atoms with Crippen molar-refractivity contribution in [3.05, 3.63) is 35.9 Å². The molecule has 1 aliphatic carbocycles. The van der Waals surface area contributed by atoms with Crippen LogP contribution in [0.4, 0.5) is 0 Å². The van der Waals surface area contributed by atoms with Crippen molar-refractivity contribution in [1.29, 1.82) is 5.26 Å². The van der Waals surface area contributed by atoms with Gasteiger partial charge in [-0.15, -0.1) is 0 Å². The highest BCUT2D eigenvalue weighted by Crippen LogP contribution is 2.40. The summed E-state index contributed by atoms with van der Waals surface area (Å²) in [5.41, 5.74) is 0.294. The standard InChI is InChI=1S/C18H22N2O2/c1-14-11-20(17(21)18(13-19)9-5-6-10-18)12-16(22-14)15-7-3-2-4-8-15/h2-4,7-8,14,16H,5-6,9-12H2,1H3/t14-,16+/m0/s1. The molecular weight excluding hydrogens is 276 g/mol. The zero-order chi connectivity index (χ0) is 15.6. The fourth-order valence-corrected chi connectivity index (χ4v) is 3.62. The van der Waals surface area contributed by atoms with Gasteiger partial charge in [0, 0.05) is 6.54 Å². The number of carbonyl (C=O) groups is 1. The maximum Gasteiger partial charge on any atom is 0.243 e. The Balaban J connectivity index is 1.79. The SMILES string of the molecule is C[C@H]1CN(C(=O)C2(C#N)CCCC2)C[C@H](c2ccccc2)O1. The van der Waals surface area contributed by atoms with Crippen LogP contribution in [0.25, 0.3) is 0 Å². The van der Waals surface area contributed by atoms with E-state index in [0.717, 1.165) is 18.4 Å². The van der Waals surface area contributed by atoms with Gasteiger partial charge in [0.05, 0.1) is 18.7 Å². The smallest absolute Gasteiger partial charge is 0.243 e. The first-order valence-electron chi connectivity index (χ1n) is 8.06. The molecule has 116 valence electrons. The van der Waals surface area contributed by atoms with Crippen LogP contribution in [0.15, 0.2) is 30.3 Å². The molecule has 4 nitrogen and oxygen atoms in total. The predicted molar refractivity (Wildman–Crippen MR) is 82.8 cm³/mol. The molecule has 1 aliphatic heterocycles. The van der Waals surface area contributed by atoms with E-state index in [1.165, 1.54) is 0 Å². The van der Waals surface area contributed by atoms with Gasteiger partial charge in [-0.1, -0.05) is 43.2 Å². The van der Waals surface area contributed by atoms with Crippen LogP contribution in [0, 0.1) is 16.7 Å². The largest absolute Gasteiger partial charge is 0.367 e. The molecule has 4 heteroatoms. The van der Waals surface area contributed by atoms with Gasteiger partial charge in [-0.05, 0) is 25.3 Å². The minimum Gasteiger partial charge on any atom is -0.367 e. The number of nitrogens with zero attached hydrogens (tertiary/aromatic N) is 2. The van der Waals surface area contributed by atoms with E-state index in [1.54, 1.807) is 0 Å². The Labute approximate surface area is 131 Å². The van der Waals surface area contributed by atoms with Crippen LogP contribution < -0.4 is 0 Å². The van der Waals surface area contributed by atoms with Crippen LogP contribution in [-0.4, -0.2) is 30.0 Å². The van der Waals surface area contributed by atoms with Crippen molar-refractivity contribution in [2.45, 2.75) is 44.8 Å². The number of morpholine rings is 1. The number of hydrogen-bond acceptors (Lipinski definition) is 3. The summed E-state index contributed by atoms with van der Waals surface area (Å²) in [4.78, 5) is 14.8. The number of amides is 1. The van der Waals surface area contributed by atoms with Crippen molar-refractivity contribution >= 4 is 5.91 Å². The van der Waals surface area contributed by atoms with Gasteiger partial charge in [0.1, 0.15) is 11.5 Å². The summed E-state index contributed by atoms with van der Waals surface area (Å²) < 4.78 is 6.01. The van der Waals surface area contributed by atoms with E-state index < -0.39 is 5.41 Å². The molecule has 2 atom stereocenters. The van der Waals surface area contributed by atoms with Crippen LogP contribution in [0.5, 0.6) is 0 Å². The second-order valence-corrected chi connectivity index (χ2v) is 6.46. The third kappa shape index (κ3) is 2.74. The lowest BCUT2D eigenvalue weighted by Crippen LogP contribution is -2.50. The summed E-state index contributed by atoms with van der Waals surface area (Å²) in [5, 5.41) is 9.54. The molecule has 0 unspecified atom stereocenters. The van der Waals surface area contributed by atoms with Gasteiger partial charge in [-0.2, -0.15) is 5.26 Å². The van der Waals surface area contributed by atoms with E-state index in [9.17, 15) is 10.1 Å². The Kier molecular flexibility index (Phi) is 4.17. The van der Waals surface area contributed by atoms with Gasteiger partial charge in [-0.25, -0.2) is 0 Å². The highest BCUT2D eigenvalue weighted by Gasteiger charge is 2.45. The number of nitriles is 1. The molecule has 0 aromatic heterocycles. The van der Waals surface area contributed by atoms with Crippen LogP contribution in [-0.2, 0) is 9.53 Å². The minimum absolute atomic E-state index is 0.00332. The van der Waals surface area contributed by atoms with Crippen molar-refractivity contribution < 1.29 is 9.53 Å². The summed E-state index contributed by atoms with van der Waals surface area (Å²) in [5.74, 6) is 0.00332. The molecule has 3 rings (SSSR count). The molecule has 0 radical (unpaired) electrons. The van der Waals surface area contributed by atoms with Crippen LogP contribution in [0.1, 0.15) is 44.3 Å². The first-order valence-corrected chi connectivity index (χ1v) is 8.06. The van der Waals surface area contributed by atoms with E-state index in [2.05, 4.69) is 6.07 Å². The number of hydrogen-bond donors (Lipinski definition) is 0. The van der Waals surface area contributed by atoms with Gasteiger partial charge in [0.15, 0.2) is 0 Å². The van der Waals surface area contributed by atoms with Crippen molar-refractivity contribution in [3.8, 4) is 6.07 Å². The monoisotopic (exact) mass is 298 g/mol. The summed E-state index contributed by atoms with van der Waals surface area (Å²) >= 11 is 0. The lowest BCUT2D eigenvalue weighted by Gasteiger charge is -2.39. The molecule has 2 aliphatic rings. The summed E-state index contributed by atoms with van der Waals surface area (Å²) in [6.07, 6.45) is 3.22. The zero-order valence-corrected chi connectivity index (χ0v) is 13.0. The van der Waals surface area contributed by atoms with Crippen LogP contribution in [0.2, 0.25) is 0 Å². The van der Waals surface area contributed by atoms with E-state index in [4.69, 9.17) is 4.74 Å². The highest BCUT2D eigenvalue weighted by atomic mass is 16.5. The lowest BCUT2D eigenvalue weighted by molar-refractivity contribution is -0.152. The van der Waals surface area contributed by atoms with Gasteiger partial charge in [-0.3, -0.25) is 4.79 Å². The molecule has 1 amide bonds. The van der Waals surface area contributed by atoms with Crippen LogP contribution in [0.3, 0.4) is 0 Å². The van der Waals surface area contributed by atoms with Gasteiger partial charge in [0.2, 0.25) is 5.91 Å². The maximum absolute atomic E-state index is 12.9. The van der Waals surface area contributed by atoms with Gasteiger partial charge >= 0.3 is 0 Å². The molecule has 1 saturated heterocycles. The number of carbonyl (C=O) groups excluding carboxylic acids is 1. The van der Waals surface area contributed by atoms with E-state index in [1.807, 2.05) is 42.2 Å². The zero-order valence-electron chi connectivity index (χ0n) is 13.0. The fourth-order valence-electron chi connectivity index (χ4n) is 3.62. The topological polar surface area (TPSA) is 53.3 Å². The summed E-state index contributed by atoms with van der Waals surface area (Å²) in [6, 6.07) is 12.3. The molecule has 1 aromatic rings. The normalized spacial score (nSPS) is 27.4. The average Bonchev–Trinajstić information content (AvgIpc) is 3.04. The van der Waals surface area contributed by atoms with Crippen molar-refractivity contribution in [1.82, 2.24) is 4.90 Å². The van der Waals surface area contributed by atoms with Crippen molar-refractivity contribution in [3.63, 3.8) is 0 Å². The Bertz CT molecular complexity index is 572. The molecule has 1 heterocycles. The molecule has 22 heavy (non-hydrogen) atoms. The first-order chi connectivity index (χ1) is 10.6. The third-order valence-electron chi connectivity index (χ3n) is 4.80. The van der Waals surface area contributed by atoms with E-state index >= 15 is 0 Å². The molecule has 0 spiro atoms. The van der Waals surface area contributed by atoms with Gasteiger partial charge < -0.3 is 9.64 Å². The Hall–Kier alpha value is -1.86. The summed E-state index contributed by atoms with van der Waals surface area (Å²) in [7, 11) is 0. The summed E-state index contributed by atoms with van der Waals surface area (Å²) in [6.45, 7) is 3.10. The molecule has 1 saturated carbocycles. The lowest BCUT2D eigenvalue weighted by atomic mass is 9.86. The second kappa shape index (κ2) is 6.10. The minimum atomic E-state index is -0.793. The quantitative estimate of drug-likeness (QED) is 0.843. The fraction of sp³-hybridized carbons (Fsp3) is 0.556. The predicted octanol–water partition coefficient (Wildman–Crippen LogP) is 3.06. The highest BCUT2D eigenvalue weighted by molar-refractivity contribution is 5.86. The first kappa shape index (κ1) is 15.1. The number of ether oxygens (including phenoxy) is 1. The van der Waals surface area contributed by atoms with Gasteiger partial charge in [0.25, 0.3) is 0 Å². The Morgan fingerprint density at radius 2 is 1.95 bits per heavy atom. The molecular formula is C18H22N2O2. The Morgan fingerprint density at radius 1 is 1.27 bits per heavy atom. The third-order valence-corrected chi connectivity index (χ3v) is 4.80. The van der Waals surface area contributed by atoms with Crippen molar-refractivity contribution in [2.24, 2.45) is 5.41 Å². The Morgan fingerprint density at radius 3 is 2.59 bits per heavy atom. The van der Waals surface area contributed by atoms with E-state index in [0.29, 0.717) is 25.9 Å². The van der Waals surface area contributed by atoms with Crippen LogP contribution >= 0.6 is 0 Å². The average molecular weight is 298 g/mol. The number of benzene rings is 1. The second-order valence-electron chi connectivity index (χ2n) is 6.46. The van der Waals surface area contributed by atoms with Crippen molar-refractivity contribution in [2.75, 3.05) is 13.1 Å². The number of rotatable bonds is 2. The molecule has 0 bridgehead atoms. The molecule has 2 fully saturated rings. The van der Waals surface area contributed by atoms with E-state index in [-0.39, 0.29) is 18.1 Å².